The fraction of sp³-hybridized carbons (Fsp3) is 0.381. The predicted octanol–water partition coefficient (Wildman–Crippen LogP) is 3.80. The summed E-state index contributed by atoms with van der Waals surface area (Å²) in [5, 5.41) is 2.83. The van der Waals surface area contributed by atoms with Crippen molar-refractivity contribution in [3.63, 3.8) is 0 Å². The van der Waals surface area contributed by atoms with Crippen LogP contribution < -0.4 is 5.32 Å². The third-order valence-electron chi connectivity index (χ3n) is 4.38. The second-order valence-corrected chi connectivity index (χ2v) is 8.57. The molecule has 140 valence electrons. The van der Waals surface area contributed by atoms with E-state index in [1.165, 1.54) is 0 Å². The van der Waals surface area contributed by atoms with Gasteiger partial charge in [0.05, 0.1) is 5.75 Å². The molecule has 2 aromatic carbocycles. The minimum atomic E-state index is -3.42. The van der Waals surface area contributed by atoms with Crippen LogP contribution in [0, 0.1) is 0 Å². The van der Waals surface area contributed by atoms with Gasteiger partial charge in [-0.15, -0.1) is 0 Å². The molecule has 1 amide bonds. The maximum atomic E-state index is 12.3. The van der Waals surface area contributed by atoms with Crippen LogP contribution >= 0.6 is 0 Å². The molecule has 0 heterocycles. The number of para-hydroxylation sites is 1. The average Bonchev–Trinajstić information content (AvgIpc) is 2.62. The van der Waals surface area contributed by atoms with Crippen LogP contribution in [0.3, 0.4) is 0 Å². The normalized spacial score (nSPS) is 11.3. The Morgan fingerprint density at radius 3 is 2.12 bits per heavy atom. The molecule has 1 N–H and O–H groups in total. The van der Waals surface area contributed by atoms with E-state index in [0.29, 0.717) is 12.8 Å². The number of amides is 1. The first-order chi connectivity index (χ1) is 12.4. The Labute approximate surface area is 156 Å². The Bertz CT molecular complexity index is 807. The van der Waals surface area contributed by atoms with Crippen molar-refractivity contribution >= 4 is 21.4 Å². The van der Waals surface area contributed by atoms with Gasteiger partial charge in [-0.1, -0.05) is 62.4 Å². The van der Waals surface area contributed by atoms with Crippen molar-refractivity contribution in [3.05, 3.63) is 65.2 Å². The number of anilines is 1. The fourth-order valence-corrected chi connectivity index (χ4v) is 4.19. The van der Waals surface area contributed by atoms with Crippen LogP contribution in [-0.4, -0.2) is 25.8 Å². The molecule has 0 spiro atoms. The van der Waals surface area contributed by atoms with Gasteiger partial charge >= 0.3 is 0 Å². The molecule has 2 rings (SSSR count). The molecule has 0 radical (unpaired) electrons. The van der Waals surface area contributed by atoms with Crippen LogP contribution in [0.1, 0.15) is 37.0 Å². The van der Waals surface area contributed by atoms with Gasteiger partial charge in [0.15, 0.2) is 9.84 Å². The van der Waals surface area contributed by atoms with E-state index in [0.717, 1.165) is 35.2 Å². The Kier molecular flexibility index (Phi) is 7.39. The zero-order valence-corrected chi connectivity index (χ0v) is 16.3. The molecular weight excluding hydrogens is 346 g/mol. The van der Waals surface area contributed by atoms with Crippen LogP contribution in [0.2, 0.25) is 0 Å². The summed E-state index contributed by atoms with van der Waals surface area (Å²) in [6.07, 6.45) is 2.78. The summed E-state index contributed by atoms with van der Waals surface area (Å²) in [6, 6.07) is 15.7. The highest BCUT2D eigenvalue weighted by Gasteiger charge is 2.18. The Morgan fingerprint density at radius 1 is 0.923 bits per heavy atom. The van der Waals surface area contributed by atoms with Crippen LogP contribution in [0.15, 0.2) is 48.5 Å². The van der Waals surface area contributed by atoms with Gasteiger partial charge in [-0.25, -0.2) is 8.42 Å². The van der Waals surface area contributed by atoms with Gasteiger partial charge in [0.2, 0.25) is 5.91 Å². The average molecular weight is 374 g/mol. The number of aryl methyl sites for hydroxylation is 3. The Balaban J connectivity index is 1.94. The number of carbonyl (C=O) groups is 1. The third kappa shape index (κ3) is 5.99. The molecular formula is C21H27NO3S. The third-order valence-corrected chi connectivity index (χ3v) is 5.99. The van der Waals surface area contributed by atoms with Gasteiger partial charge in [-0.2, -0.15) is 0 Å². The first-order valence-electron chi connectivity index (χ1n) is 9.10. The highest BCUT2D eigenvalue weighted by Crippen LogP contribution is 2.22. The maximum Gasteiger partial charge on any atom is 0.239 e. The monoisotopic (exact) mass is 373 g/mol. The smallest absolute Gasteiger partial charge is 0.239 e. The predicted molar refractivity (Wildman–Crippen MR) is 107 cm³/mol. The van der Waals surface area contributed by atoms with Gasteiger partial charge in [-0.05, 0) is 42.4 Å². The molecule has 0 fully saturated rings. The molecule has 0 atom stereocenters. The lowest BCUT2D eigenvalue weighted by Gasteiger charge is -2.14. The van der Waals surface area contributed by atoms with Gasteiger partial charge < -0.3 is 5.32 Å². The maximum absolute atomic E-state index is 12.3. The summed E-state index contributed by atoms with van der Waals surface area (Å²) in [5.74, 6) is -0.908. The van der Waals surface area contributed by atoms with E-state index in [4.69, 9.17) is 0 Å². The van der Waals surface area contributed by atoms with E-state index < -0.39 is 21.5 Å². The highest BCUT2D eigenvalue weighted by atomic mass is 32.2. The number of benzene rings is 2. The largest absolute Gasteiger partial charge is 0.325 e. The standard InChI is InChI=1S/C21H27NO3S/c1-3-18-13-8-14-19(4-2)21(18)22-20(23)16-26(24,25)15-9-12-17-10-6-5-7-11-17/h5-8,10-11,13-14H,3-4,9,12,15-16H2,1-2H3,(H,22,23). The Morgan fingerprint density at radius 2 is 1.54 bits per heavy atom. The minimum Gasteiger partial charge on any atom is -0.325 e. The SMILES string of the molecule is CCc1cccc(CC)c1NC(=O)CS(=O)(=O)CCCc1ccccc1. The van der Waals surface area contributed by atoms with Crippen molar-refractivity contribution < 1.29 is 13.2 Å². The Hall–Kier alpha value is -2.14. The molecule has 0 saturated heterocycles. The van der Waals surface area contributed by atoms with Crippen LogP contribution in [0.25, 0.3) is 0 Å². The second kappa shape index (κ2) is 9.53. The first kappa shape index (κ1) is 20.2. The number of nitrogens with one attached hydrogen (secondary N) is 1. The lowest BCUT2D eigenvalue weighted by atomic mass is 10.0. The van der Waals surface area contributed by atoms with E-state index in [1.54, 1.807) is 0 Å². The summed E-state index contributed by atoms with van der Waals surface area (Å²) < 4.78 is 24.5. The second-order valence-electron chi connectivity index (χ2n) is 6.39. The number of sulfone groups is 1. The van der Waals surface area contributed by atoms with E-state index >= 15 is 0 Å². The van der Waals surface area contributed by atoms with Gasteiger partial charge in [-0.3, -0.25) is 4.79 Å². The van der Waals surface area contributed by atoms with Crippen molar-refractivity contribution in [2.24, 2.45) is 0 Å². The topological polar surface area (TPSA) is 63.2 Å². The molecule has 0 unspecified atom stereocenters. The first-order valence-corrected chi connectivity index (χ1v) is 10.9. The number of rotatable bonds is 9. The molecule has 0 aromatic heterocycles. The molecule has 0 saturated carbocycles. The summed E-state index contributed by atoms with van der Waals surface area (Å²) in [7, 11) is -3.42. The molecule has 0 bridgehead atoms. The summed E-state index contributed by atoms with van der Waals surface area (Å²) in [4.78, 5) is 12.3. The molecule has 5 heteroatoms. The summed E-state index contributed by atoms with van der Waals surface area (Å²) in [6.45, 7) is 4.04. The van der Waals surface area contributed by atoms with E-state index in [1.807, 2.05) is 62.4 Å². The molecule has 0 aliphatic carbocycles. The molecule has 26 heavy (non-hydrogen) atoms. The van der Waals surface area contributed by atoms with Gasteiger partial charge in [0, 0.05) is 5.69 Å². The van der Waals surface area contributed by atoms with Crippen molar-refractivity contribution in [1.29, 1.82) is 0 Å². The quantitative estimate of drug-likeness (QED) is 0.727. The van der Waals surface area contributed by atoms with Gasteiger partial charge in [0.25, 0.3) is 0 Å². The molecule has 2 aromatic rings. The summed E-state index contributed by atoms with van der Waals surface area (Å²) in [5.41, 5.74) is 3.93. The van der Waals surface area contributed by atoms with Crippen molar-refractivity contribution in [1.82, 2.24) is 0 Å². The highest BCUT2D eigenvalue weighted by molar-refractivity contribution is 7.92. The zero-order valence-electron chi connectivity index (χ0n) is 15.5. The van der Waals surface area contributed by atoms with Crippen LogP contribution in [0.5, 0.6) is 0 Å². The van der Waals surface area contributed by atoms with Crippen molar-refractivity contribution in [3.8, 4) is 0 Å². The molecule has 0 aliphatic heterocycles. The lowest BCUT2D eigenvalue weighted by molar-refractivity contribution is -0.113. The van der Waals surface area contributed by atoms with Crippen LogP contribution in [-0.2, 0) is 33.9 Å². The number of carbonyl (C=O) groups excluding carboxylic acids is 1. The van der Waals surface area contributed by atoms with Crippen molar-refractivity contribution in [2.75, 3.05) is 16.8 Å². The van der Waals surface area contributed by atoms with Crippen LogP contribution in [0.4, 0.5) is 5.69 Å². The zero-order chi connectivity index (χ0) is 19.0. The molecule has 0 aliphatic rings. The van der Waals surface area contributed by atoms with Gasteiger partial charge in [0.1, 0.15) is 5.75 Å². The van der Waals surface area contributed by atoms with Crippen molar-refractivity contribution in [2.45, 2.75) is 39.5 Å². The fourth-order valence-electron chi connectivity index (χ4n) is 2.99. The lowest BCUT2D eigenvalue weighted by Crippen LogP contribution is -2.26. The number of hydrogen-bond donors (Lipinski definition) is 1. The molecule has 4 nitrogen and oxygen atoms in total. The summed E-state index contributed by atoms with van der Waals surface area (Å²) >= 11 is 0. The van der Waals surface area contributed by atoms with E-state index in [2.05, 4.69) is 5.32 Å². The minimum absolute atomic E-state index is 0.0192. The number of hydrogen-bond acceptors (Lipinski definition) is 3. The van der Waals surface area contributed by atoms with E-state index in [-0.39, 0.29) is 5.75 Å². The van der Waals surface area contributed by atoms with E-state index in [9.17, 15) is 13.2 Å².